The molecule has 0 spiro atoms. The van der Waals surface area contributed by atoms with E-state index >= 15 is 0 Å². The zero-order valence-corrected chi connectivity index (χ0v) is 13.4. The van der Waals surface area contributed by atoms with Crippen LogP contribution in [0.25, 0.3) is 0 Å². The summed E-state index contributed by atoms with van der Waals surface area (Å²) >= 11 is 0. The second-order valence-corrected chi connectivity index (χ2v) is 7.48. The van der Waals surface area contributed by atoms with Crippen LogP contribution >= 0.6 is 0 Å². The van der Waals surface area contributed by atoms with Crippen LogP contribution in [0.15, 0.2) is 47.6 Å². The fourth-order valence-electron chi connectivity index (χ4n) is 2.88. The third-order valence-electron chi connectivity index (χ3n) is 4.15. The molecule has 1 aliphatic rings. The Morgan fingerprint density at radius 3 is 2.64 bits per heavy atom. The number of fused-ring (bicyclic) bond motifs is 1. The highest BCUT2D eigenvalue weighted by Gasteiger charge is 2.20. The topological polar surface area (TPSA) is 59.1 Å². The molecule has 5 heteroatoms. The highest BCUT2D eigenvalue weighted by molar-refractivity contribution is 7.89. The SMILES string of the molecule is CC(NS(=O)(=O)c1ccc2c(c1)CCCC2)c1cccnc1. The molecule has 0 saturated carbocycles. The van der Waals surface area contributed by atoms with Crippen LogP contribution in [-0.2, 0) is 22.9 Å². The van der Waals surface area contributed by atoms with Crippen LogP contribution in [0.4, 0.5) is 0 Å². The summed E-state index contributed by atoms with van der Waals surface area (Å²) in [5.74, 6) is 0. The Morgan fingerprint density at radius 1 is 1.14 bits per heavy atom. The predicted molar refractivity (Wildman–Crippen MR) is 86.1 cm³/mol. The molecule has 1 aromatic carbocycles. The lowest BCUT2D eigenvalue weighted by Crippen LogP contribution is -2.27. The second-order valence-electron chi connectivity index (χ2n) is 5.77. The minimum atomic E-state index is -3.52. The van der Waals surface area contributed by atoms with Gasteiger partial charge >= 0.3 is 0 Å². The van der Waals surface area contributed by atoms with E-state index in [4.69, 9.17) is 0 Å². The molecule has 0 bridgehead atoms. The molecule has 0 radical (unpaired) electrons. The van der Waals surface area contributed by atoms with Crippen molar-refractivity contribution in [3.63, 3.8) is 0 Å². The van der Waals surface area contributed by atoms with E-state index in [1.807, 2.05) is 25.1 Å². The number of hydrogen-bond acceptors (Lipinski definition) is 3. The molecule has 1 aromatic heterocycles. The van der Waals surface area contributed by atoms with E-state index in [0.29, 0.717) is 4.90 Å². The quantitative estimate of drug-likeness (QED) is 0.943. The third-order valence-corrected chi connectivity index (χ3v) is 5.68. The van der Waals surface area contributed by atoms with Crippen molar-refractivity contribution < 1.29 is 8.42 Å². The zero-order valence-electron chi connectivity index (χ0n) is 12.6. The lowest BCUT2D eigenvalue weighted by Gasteiger charge is -2.18. The summed E-state index contributed by atoms with van der Waals surface area (Å²) in [4.78, 5) is 4.38. The monoisotopic (exact) mass is 316 g/mol. The Hall–Kier alpha value is -1.72. The first-order chi connectivity index (χ1) is 10.6. The molecule has 0 fully saturated rings. The van der Waals surface area contributed by atoms with Gasteiger partial charge in [0.05, 0.1) is 4.90 Å². The number of sulfonamides is 1. The number of rotatable bonds is 4. The highest BCUT2D eigenvalue weighted by atomic mass is 32.2. The van der Waals surface area contributed by atoms with Crippen LogP contribution in [0.3, 0.4) is 0 Å². The van der Waals surface area contributed by atoms with Crippen molar-refractivity contribution >= 4 is 10.0 Å². The van der Waals surface area contributed by atoms with E-state index < -0.39 is 10.0 Å². The molecular weight excluding hydrogens is 296 g/mol. The van der Waals surface area contributed by atoms with Gasteiger partial charge in [-0.15, -0.1) is 0 Å². The molecule has 1 aliphatic carbocycles. The Bertz CT molecular complexity index is 757. The van der Waals surface area contributed by atoms with Crippen LogP contribution in [0.1, 0.15) is 42.5 Å². The molecule has 4 nitrogen and oxygen atoms in total. The summed E-state index contributed by atoms with van der Waals surface area (Å²) in [5.41, 5.74) is 3.30. The van der Waals surface area contributed by atoms with Gasteiger partial charge in [0.1, 0.15) is 0 Å². The maximum absolute atomic E-state index is 12.6. The predicted octanol–water partition coefficient (Wildman–Crippen LogP) is 3.00. The smallest absolute Gasteiger partial charge is 0.241 e. The zero-order chi connectivity index (χ0) is 15.6. The van der Waals surface area contributed by atoms with Gasteiger partial charge in [-0.25, -0.2) is 13.1 Å². The first-order valence-corrected chi connectivity index (χ1v) is 9.09. The number of aryl methyl sites for hydroxylation is 2. The van der Waals surface area contributed by atoms with Gasteiger partial charge in [0.25, 0.3) is 0 Å². The van der Waals surface area contributed by atoms with Gasteiger partial charge in [0.15, 0.2) is 0 Å². The summed E-state index contributed by atoms with van der Waals surface area (Å²) in [6.45, 7) is 1.83. The number of hydrogen-bond donors (Lipinski definition) is 1. The fourth-order valence-corrected chi connectivity index (χ4v) is 4.16. The van der Waals surface area contributed by atoms with Crippen LogP contribution < -0.4 is 4.72 Å². The Labute approximate surface area is 131 Å². The first-order valence-electron chi connectivity index (χ1n) is 7.60. The maximum atomic E-state index is 12.6. The summed E-state index contributed by atoms with van der Waals surface area (Å²) in [5, 5.41) is 0. The first kappa shape index (κ1) is 15.2. The van der Waals surface area contributed by atoms with Gasteiger partial charge in [-0.05, 0) is 67.5 Å². The molecule has 1 atom stereocenters. The van der Waals surface area contributed by atoms with Crippen LogP contribution in [0.5, 0.6) is 0 Å². The van der Waals surface area contributed by atoms with E-state index in [-0.39, 0.29) is 6.04 Å². The summed E-state index contributed by atoms with van der Waals surface area (Å²) in [6.07, 6.45) is 7.70. The van der Waals surface area contributed by atoms with Crippen LogP contribution in [-0.4, -0.2) is 13.4 Å². The molecule has 116 valence electrons. The summed E-state index contributed by atoms with van der Waals surface area (Å²) in [6, 6.07) is 8.86. The van der Waals surface area contributed by atoms with Crippen LogP contribution in [0.2, 0.25) is 0 Å². The van der Waals surface area contributed by atoms with Crippen molar-refractivity contribution in [1.82, 2.24) is 9.71 Å². The van der Waals surface area contributed by atoms with E-state index in [2.05, 4.69) is 9.71 Å². The summed E-state index contributed by atoms with van der Waals surface area (Å²) in [7, 11) is -3.52. The average Bonchev–Trinajstić information content (AvgIpc) is 2.55. The maximum Gasteiger partial charge on any atom is 0.241 e. The van der Waals surface area contributed by atoms with Crippen LogP contribution in [0, 0.1) is 0 Å². The lowest BCUT2D eigenvalue weighted by atomic mass is 9.92. The fraction of sp³-hybridized carbons (Fsp3) is 0.353. The number of pyridine rings is 1. The molecule has 1 heterocycles. The highest BCUT2D eigenvalue weighted by Crippen LogP contribution is 2.25. The van der Waals surface area contributed by atoms with Crippen molar-refractivity contribution in [1.29, 1.82) is 0 Å². The Kier molecular flexibility index (Phi) is 4.27. The molecule has 1 unspecified atom stereocenters. The minimum absolute atomic E-state index is 0.310. The van der Waals surface area contributed by atoms with E-state index in [9.17, 15) is 8.42 Å². The van der Waals surface area contributed by atoms with Crippen molar-refractivity contribution in [3.8, 4) is 0 Å². The Morgan fingerprint density at radius 2 is 1.91 bits per heavy atom. The van der Waals surface area contributed by atoms with E-state index in [1.54, 1.807) is 24.5 Å². The van der Waals surface area contributed by atoms with Crippen molar-refractivity contribution in [3.05, 3.63) is 59.4 Å². The van der Waals surface area contributed by atoms with Crippen molar-refractivity contribution in [2.45, 2.75) is 43.5 Å². The Balaban J connectivity index is 1.84. The van der Waals surface area contributed by atoms with Gasteiger partial charge in [0.2, 0.25) is 10.0 Å². The molecule has 3 rings (SSSR count). The number of nitrogens with zero attached hydrogens (tertiary/aromatic N) is 1. The largest absolute Gasteiger partial charge is 0.264 e. The number of nitrogens with one attached hydrogen (secondary N) is 1. The molecular formula is C17H20N2O2S. The lowest BCUT2D eigenvalue weighted by molar-refractivity contribution is 0.566. The van der Waals surface area contributed by atoms with Gasteiger partial charge < -0.3 is 0 Å². The van der Waals surface area contributed by atoms with Crippen molar-refractivity contribution in [2.75, 3.05) is 0 Å². The third kappa shape index (κ3) is 3.20. The standard InChI is InChI=1S/C17H20N2O2S/c1-13(16-7-4-10-18-12-16)19-22(20,21)17-9-8-14-5-2-3-6-15(14)11-17/h4,7-13,19H,2-3,5-6H2,1H3. The van der Waals surface area contributed by atoms with Gasteiger partial charge in [-0.2, -0.15) is 0 Å². The van der Waals surface area contributed by atoms with E-state index in [1.165, 1.54) is 17.5 Å². The number of aromatic nitrogens is 1. The molecule has 22 heavy (non-hydrogen) atoms. The average molecular weight is 316 g/mol. The van der Waals surface area contributed by atoms with Gasteiger partial charge in [-0.1, -0.05) is 12.1 Å². The van der Waals surface area contributed by atoms with Gasteiger partial charge in [-0.3, -0.25) is 4.98 Å². The molecule has 2 aromatic rings. The molecule has 0 saturated heterocycles. The molecule has 0 amide bonds. The van der Waals surface area contributed by atoms with E-state index in [0.717, 1.165) is 24.8 Å². The summed E-state index contributed by atoms with van der Waals surface area (Å²) < 4.78 is 27.9. The molecule has 1 N–H and O–H groups in total. The molecule has 0 aliphatic heterocycles. The number of benzene rings is 1. The minimum Gasteiger partial charge on any atom is -0.264 e. The van der Waals surface area contributed by atoms with Crippen molar-refractivity contribution in [2.24, 2.45) is 0 Å². The second kappa shape index (κ2) is 6.18. The van der Waals surface area contributed by atoms with Gasteiger partial charge in [0, 0.05) is 18.4 Å². The normalized spacial score (nSPS) is 16.0.